The van der Waals surface area contributed by atoms with Crippen molar-refractivity contribution in [1.29, 1.82) is 0 Å². The van der Waals surface area contributed by atoms with Crippen LogP contribution in [0.15, 0.2) is 5.38 Å². The number of nitrogens with zero attached hydrogens (tertiary/aromatic N) is 2. The smallest absolute Gasteiger partial charge is 0.110 e. The number of hydrogen-bond acceptors (Lipinski definition) is 4. The Morgan fingerprint density at radius 2 is 2.44 bits per heavy atom. The largest absolute Gasteiger partial charge is 0.393 e. The summed E-state index contributed by atoms with van der Waals surface area (Å²) in [5.41, 5.74) is 0.974. The molecule has 3 atom stereocenters. The molecule has 2 heterocycles. The first-order chi connectivity index (χ1) is 8.65. The summed E-state index contributed by atoms with van der Waals surface area (Å²) in [7, 11) is 0. The molecule has 0 radical (unpaired) electrons. The van der Waals surface area contributed by atoms with Gasteiger partial charge in [0.25, 0.3) is 0 Å². The molecule has 0 spiro atoms. The Morgan fingerprint density at radius 1 is 1.67 bits per heavy atom. The van der Waals surface area contributed by atoms with E-state index in [1.807, 2.05) is 12.3 Å². The van der Waals surface area contributed by atoms with Crippen LogP contribution in [0, 0.1) is 5.92 Å². The zero-order chi connectivity index (χ0) is 13.1. The lowest BCUT2D eigenvalue weighted by molar-refractivity contribution is 0.121. The minimum absolute atomic E-state index is 0.206. The van der Waals surface area contributed by atoms with Gasteiger partial charge in [-0.1, -0.05) is 6.92 Å². The van der Waals surface area contributed by atoms with Crippen LogP contribution in [0.4, 0.5) is 0 Å². The fourth-order valence-electron chi connectivity index (χ4n) is 2.62. The summed E-state index contributed by atoms with van der Waals surface area (Å²) < 4.78 is 0. The summed E-state index contributed by atoms with van der Waals surface area (Å²) >= 11 is 7.51. The fourth-order valence-corrected chi connectivity index (χ4v) is 3.88. The molecule has 1 N–H and O–H groups in total. The van der Waals surface area contributed by atoms with Crippen molar-refractivity contribution in [1.82, 2.24) is 9.88 Å². The van der Waals surface area contributed by atoms with Gasteiger partial charge in [-0.05, 0) is 32.2 Å². The molecule has 1 aromatic heterocycles. The van der Waals surface area contributed by atoms with Gasteiger partial charge in [0.15, 0.2) is 0 Å². The molecule has 3 nitrogen and oxygen atoms in total. The van der Waals surface area contributed by atoms with Gasteiger partial charge >= 0.3 is 0 Å². The number of aromatic nitrogens is 1. The van der Waals surface area contributed by atoms with E-state index in [9.17, 15) is 5.11 Å². The normalized spacial score (nSPS) is 24.3. The molecule has 2 rings (SSSR count). The third-order valence-corrected chi connectivity index (χ3v) is 5.03. The molecule has 0 aliphatic carbocycles. The Kier molecular flexibility index (Phi) is 5.01. The molecule has 1 aromatic rings. The van der Waals surface area contributed by atoms with E-state index >= 15 is 0 Å². The van der Waals surface area contributed by atoms with Crippen LogP contribution < -0.4 is 0 Å². The third-order valence-electron chi connectivity index (χ3n) is 3.76. The van der Waals surface area contributed by atoms with Crippen LogP contribution in [0.3, 0.4) is 0 Å². The Bertz CT molecular complexity index is 383. The van der Waals surface area contributed by atoms with Crippen LogP contribution >= 0.6 is 22.9 Å². The van der Waals surface area contributed by atoms with E-state index in [0.29, 0.717) is 17.8 Å². The van der Waals surface area contributed by atoms with Crippen molar-refractivity contribution in [2.45, 2.75) is 44.7 Å². The molecule has 3 unspecified atom stereocenters. The lowest BCUT2D eigenvalue weighted by Gasteiger charge is -2.25. The molecule has 18 heavy (non-hydrogen) atoms. The predicted molar refractivity (Wildman–Crippen MR) is 76.1 cm³/mol. The van der Waals surface area contributed by atoms with Gasteiger partial charge in [0, 0.05) is 11.9 Å². The fraction of sp³-hybridized carbons (Fsp3) is 0.769. The standard InChI is InChI=1S/C13H21ClN2OS/c1-3-12(13-15-11(6-14)8-18-13)16-5-4-10(7-16)9(2)17/h8-10,12,17H,3-7H2,1-2H3. The molecule has 1 saturated heterocycles. The highest BCUT2D eigenvalue weighted by molar-refractivity contribution is 7.09. The van der Waals surface area contributed by atoms with Gasteiger partial charge in [-0.25, -0.2) is 4.98 Å². The minimum atomic E-state index is -0.206. The van der Waals surface area contributed by atoms with Crippen molar-refractivity contribution in [3.05, 3.63) is 16.1 Å². The van der Waals surface area contributed by atoms with E-state index in [1.54, 1.807) is 11.3 Å². The van der Waals surface area contributed by atoms with Crippen molar-refractivity contribution >= 4 is 22.9 Å². The predicted octanol–water partition coefficient (Wildman–Crippen LogP) is 3.04. The van der Waals surface area contributed by atoms with Crippen LogP contribution in [0.2, 0.25) is 0 Å². The molecule has 102 valence electrons. The molecular formula is C13H21ClN2OS. The molecular weight excluding hydrogens is 268 g/mol. The maximum absolute atomic E-state index is 9.68. The molecule has 0 amide bonds. The Labute approximate surface area is 118 Å². The molecule has 0 saturated carbocycles. The van der Waals surface area contributed by atoms with Crippen LogP contribution in [0.25, 0.3) is 0 Å². The van der Waals surface area contributed by atoms with Crippen molar-refractivity contribution < 1.29 is 5.11 Å². The first-order valence-corrected chi connectivity index (χ1v) is 7.99. The summed E-state index contributed by atoms with van der Waals surface area (Å²) in [6.45, 7) is 6.13. The second-order valence-electron chi connectivity index (χ2n) is 5.02. The van der Waals surface area contributed by atoms with Crippen molar-refractivity contribution in [2.75, 3.05) is 13.1 Å². The van der Waals surface area contributed by atoms with E-state index in [-0.39, 0.29) is 6.10 Å². The quantitative estimate of drug-likeness (QED) is 0.846. The van der Waals surface area contributed by atoms with Crippen LogP contribution in [-0.4, -0.2) is 34.2 Å². The highest BCUT2D eigenvalue weighted by atomic mass is 35.5. The van der Waals surface area contributed by atoms with Gasteiger partial charge in [0.05, 0.1) is 23.7 Å². The van der Waals surface area contributed by atoms with Crippen LogP contribution in [0.5, 0.6) is 0 Å². The highest BCUT2D eigenvalue weighted by Crippen LogP contribution is 2.32. The molecule has 1 fully saturated rings. The topological polar surface area (TPSA) is 36.4 Å². The molecule has 0 bridgehead atoms. The maximum atomic E-state index is 9.68. The van der Waals surface area contributed by atoms with Crippen molar-refractivity contribution in [3.63, 3.8) is 0 Å². The zero-order valence-electron chi connectivity index (χ0n) is 11.0. The van der Waals surface area contributed by atoms with E-state index in [1.165, 1.54) is 5.01 Å². The third kappa shape index (κ3) is 3.05. The van der Waals surface area contributed by atoms with Crippen molar-refractivity contribution in [2.24, 2.45) is 5.92 Å². The lowest BCUT2D eigenvalue weighted by atomic mass is 10.0. The number of rotatable bonds is 5. The van der Waals surface area contributed by atoms with Crippen molar-refractivity contribution in [3.8, 4) is 0 Å². The summed E-state index contributed by atoms with van der Waals surface area (Å²) in [6, 6.07) is 0.385. The molecule has 1 aliphatic heterocycles. The van der Waals surface area contributed by atoms with E-state index in [2.05, 4.69) is 16.8 Å². The Morgan fingerprint density at radius 3 is 2.94 bits per heavy atom. The molecule has 0 aromatic carbocycles. The number of aliphatic hydroxyl groups excluding tert-OH is 1. The number of halogens is 1. The van der Waals surface area contributed by atoms with E-state index in [0.717, 1.165) is 31.6 Å². The number of alkyl halides is 1. The van der Waals surface area contributed by atoms with Crippen LogP contribution in [0.1, 0.15) is 43.4 Å². The Balaban J connectivity index is 2.05. The van der Waals surface area contributed by atoms with Gasteiger partial charge in [-0.15, -0.1) is 22.9 Å². The van der Waals surface area contributed by atoms with Gasteiger partial charge in [0.1, 0.15) is 5.01 Å². The van der Waals surface area contributed by atoms with Gasteiger partial charge in [-0.2, -0.15) is 0 Å². The second kappa shape index (κ2) is 6.33. The van der Waals surface area contributed by atoms with Gasteiger partial charge in [-0.3, -0.25) is 4.90 Å². The van der Waals surface area contributed by atoms with E-state index in [4.69, 9.17) is 11.6 Å². The molecule has 5 heteroatoms. The Hall–Kier alpha value is -0.160. The second-order valence-corrected chi connectivity index (χ2v) is 6.18. The summed E-state index contributed by atoms with van der Waals surface area (Å²) in [5.74, 6) is 0.898. The number of thiazole rings is 1. The zero-order valence-corrected chi connectivity index (χ0v) is 12.5. The van der Waals surface area contributed by atoms with E-state index < -0.39 is 0 Å². The lowest BCUT2D eigenvalue weighted by Crippen LogP contribution is -2.28. The molecule has 1 aliphatic rings. The average Bonchev–Trinajstić information content (AvgIpc) is 2.99. The van der Waals surface area contributed by atoms with Gasteiger partial charge < -0.3 is 5.11 Å². The summed E-state index contributed by atoms with van der Waals surface area (Å²) in [4.78, 5) is 7.05. The average molecular weight is 289 g/mol. The summed E-state index contributed by atoms with van der Waals surface area (Å²) in [6.07, 6.45) is 1.94. The monoisotopic (exact) mass is 288 g/mol. The highest BCUT2D eigenvalue weighted by Gasteiger charge is 2.31. The SMILES string of the molecule is CCC(c1nc(CCl)cs1)N1CCC(C(C)O)C1. The van der Waals surface area contributed by atoms with Crippen LogP contribution in [-0.2, 0) is 5.88 Å². The first-order valence-electron chi connectivity index (χ1n) is 6.58. The maximum Gasteiger partial charge on any atom is 0.110 e. The first kappa shape index (κ1) is 14.3. The minimum Gasteiger partial charge on any atom is -0.393 e. The number of aliphatic hydroxyl groups is 1. The van der Waals surface area contributed by atoms with Gasteiger partial charge in [0.2, 0.25) is 0 Å². The number of hydrogen-bond donors (Lipinski definition) is 1. The number of likely N-dealkylation sites (tertiary alicyclic amines) is 1. The summed E-state index contributed by atoms with van der Waals surface area (Å²) in [5, 5.41) is 12.9.